The molecule has 0 saturated heterocycles. The molecule has 0 N–H and O–H groups in total. The van der Waals surface area contributed by atoms with Crippen LogP contribution in [-0.2, 0) is 9.53 Å². The summed E-state index contributed by atoms with van der Waals surface area (Å²) in [6, 6.07) is 3.68. The summed E-state index contributed by atoms with van der Waals surface area (Å²) < 4.78 is 53.4. The first-order valence-corrected chi connectivity index (χ1v) is 5.56. The van der Waals surface area contributed by atoms with E-state index in [0.717, 1.165) is 6.07 Å². The molecule has 0 amide bonds. The van der Waals surface area contributed by atoms with E-state index in [9.17, 15) is 18.0 Å². The van der Waals surface area contributed by atoms with Gasteiger partial charge in [0.1, 0.15) is 0 Å². The van der Waals surface area contributed by atoms with Gasteiger partial charge in [-0.15, -0.1) is 0 Å². The lowest BCUT2D eigenvalue weighted by molar-refractivity contribution is -0.180. The highest BCUT2D eigenvalue weighted by Gasteiger charge is 2.47. The molecule has 2 rings (SSSR count). The number of halogens is 3. The van der Waals surface area contributed by atoms with Crippen molar-refractivity contribution in [3.05, 3.63) is 23.8 Å². The van der Waals surface area contributed by atoms with E-state index in [2.05, 4.69) is 4.74 Å². The van der Waals surface area contributed by atoms with E-state index in [4.69, 9.17) is 9.47 Å². The maximum atomic E-state index is 13.0. The highest BCUT2D eigenvalue weighted by atomic mass is 19.4. The molecule has 1 aliphatic heterocycles. The van der Waals surface area contributed by atoms with Gasteiger partial charge in [-0.2, -0.15) is 13.2 Å². The third kappa shape index (κ3) is 2.74. The summed E-state index contributed by atoms with van der Waals surface area (Å²) in [4.78, 5) is 11.5. The number of hydrogen-bond donors (Lipinski definition) is 0. The van der Waals surface area contributed by atoms with Gasteiger partial charge in [0.15, 0.2) is 17.4 Å². The standard InChI is InChI=1S/C12H11F3O4/c1-2-17-11(16)10(12(13,14)15)7-3-4-8-9(5-7)19-6-18-8/h3-5,10H,2,6H2,1H3. The number of rotatable bonds is 3. The monoisotopic (exact) mass is 276 g/mol. The second kappa shape index (κ2) is 4.99. The normalized spacial score (nSPS) is 15.2. The first-order chi connectivity index (χ1) is 8.93. The molecule has 1 aromatic carbocycles. The first-order valence-electron chi connectivity index (χ1n) is 5.56. The zero-order valence-electron chi connectivity index (χ0n) is 9.99. The molecule has 0 aromatic heterocycles. The van der Waals surface area contributed by atoms with Crippen molar-refractivity contribution in [2.24, 2.45) is 0 Å². The van der Waals surface area contributed by atoms with Crippen LogP contribution in [0, 0.1) is 0 Å². The highest BCUT2D eigenvalue weighted by Crippen LogP contribution is 2.40. The lowest BCUT2D eigenvalue weighted by Gasteiger charge is -2.19. The van der Waals surface area contributed by atoms with Crippen LogP contribution in [-0.4, -0.2) is 25.5 Å². The lowest BCUT2D eigenvalue weighted by atomic mass is 9.98. The number of hydrogen-bond acceptors (Lipinski definition) is 4. The molecule has 0 radical (unpaired) electrons. The largest absolute Gasteiger partial charge is 0.465 e. The molecule has 1 heterocycles. The van der Waals surface area contributed by atoms with E-state index >= 15 is 0 Å². The molecule has 0 spiro atoms. The van der Waals surface area contributed by atoms with Gasteiger partial charge < -0.3 is 14.2 Å². The van der Waals surface area contributed by atoms with Crippen LogP contribution >= 0.6 is 0 Å². The summed E-state index contributed by atoms with van der Waals surface area (Å²) in [7, 11) is 0. The van der Waals surface area contributed by atoms with E-state index in [1.807, 2.05) is 0 Å². The molecule has 4 nitrogen and oxygen atoms in total. The van der Waals surface area contributed by atoms with Crippen molar-refractivity contribution in [1.82, 2.24) is 0 Å². The van der Waals surface area contributed by atoms with Crippen LogP contribution in [0.15, 0.2) is 18.2 Å². The smallest absolute Gasteiger partial charge is 0.406 e. The summed E-state index contributed by atoms with van der Waals surface area (Å²) in [6.45, 7) is 1.29. The Morgan fingerprint density at radius 3 is 2.68 bits per heavy atom. The van der Waals surface area contributed by atoms with Crippen LogP contribution in [0.2, 0.25) is 0 Å². The van der Waals surface area contributed by atoms with Crippen molar-refractivity contribution in [2.75, 3.05) is 13.4 Å². The summed E-state index contributed by atoms with van der Waals surface area (Å²) in [5.74, 6) is -3.10. The minimum absolute atomic E-state index is 0.0467. The van der Waals surface area contributed by atoms with Crippen molar-refractivity contribution in [3.8, 4) is 11.5 Å². The number of fused-ring (bicyclic) bond motifs is 1. The minimum Gasteiger partial charge on any atom is -0.465 e. The van der Waals surface area contributed by atoms with Crippen LogP contribution < -0.4 is 9.47 Å². The third-order valence-electron chi connectivity index (χ3n) is 2.58. The molecule has 1 unspecified atom stereocenters. The summed E-state index contributed by atoms with van der Waals surface area (Å²) in [5.41, 5.74) is -0.227. The predicted octanol–water partition coefficient (Wildman–Crippen LogP) is 2.62. The van der Waals surface area contributed by atoms with E-state index in [-0.39, 0.29) is 24.7 Å². The van der Waals surface area contributed by atoms with Gasteiger partial charge in [0.25, 0.3) is 0 Å². The predicted molar refractivity (Wildman–Crippen MR) is 58.0 cm³/mol. The van der Waals surface area contributed by atoms with Crippen LogP contribution in [0.1, 0.15) is 18.4 Å². The Morgan fingerprint density at radius 1 is 1.37 bits per heavy atom. The van der Waals surface area contributed by atoms with Crippen molar-refractivity contribution >= 4 is 5.97 Å². The molecule has 1 aliphatic rings. The number of carbonyl (C=O) groups is 1. The van der Waals surface area contributed by atoms with Gasteiger partial charge in [0.2, 0.25) is 6.79 Å². The number of carbonyl (C=O) groups excluding carboxylic acids is 1. The molecule has 7 heteroatoms. The van der Waals surface area contributed by atoms with Crippen molar-refractivity contribution in [1.29, 1.82) is 0 Å². The van der Waals surface area contributed by atoms with Crippen LogP contribution in [0.4, 0.5) is 13.2 Å². The Hall–Kier alpha value is -1.92. The average Bonchev–Trinajstić information content (AvgIpc) is 2.74. The molecule has 0 aliphatic carbocycles. The molecule has 0 fully saturated rings. The highest BCUT2D eigenvalue weighted by molar-refractivity contribution is 5.79. The molecule has 0 saturated carbocycles. The van der Waals surface area contributed by atoms with Crippen molar-refractivity contribution in [3.63, 3.8) is 0 Å². The molecule has 104 valence electrons. The van der Waals surface area contributed by atoms with Crippen LogP contribution in [0.5, 0.6) is 11.5 Å². The molecule has 1 atom stereocenters. The Morgan fingerprint density at radius 2 is 2.05 bits per heavy atom. The zero-order valence-corrected chi connectivity index (χ0v) is 9.99. The number of ether oxygens (including phenoxy) is 3. The number of esters is 1. The van der Waals surface area contributed by atoms with Gasteiger partial charge in [-0.25, -0.2) is 0 Å². The van der Waals surface area contributed by atoms with Gasteiger partial charge in [-0.1, -0.05) is 6.07 Å². The number of benzene rings is 1. The summed E-state index contributed by atoms with van der Waals surface area (Å²) in [6.07, 6.45) is -4.72. The maximum Gasteiger partial charge on any atom is 0.406 e. The lowest BCUT2D eigenvalue weighted by Crippen LogP contribution is -2.30. The second-order valence-electron chi connectivity index (χ2n) is 3.84. The summed E-state index contributed by atoms with van der Waals surface area (Å²) in [5, 5.41) is 0. The first kappa shape index (κ1) is 13.5. The van der Waals surface area contributed by atoms with Gasteiger partial charge >= 0.3 is 12.1 Å². The summed E-state index contributed by atoms with van der Waals surface area (Å²) >= 11 is 0. The Bertz CT molecular complexity index is 484. The number of alkyl halides is 3. The molecular formula is C12H11F3O4. The Kier molecular flexibility index (Phi) is 3.55. The molecule has 0 bridgehead atoms. The fourth-order valence-electron chi connectivity index (χ4n) is 1.78. The van der Waals surface area contributed by atoms with Crippen molar-refractivity contribution in [2.45, 2.75) is 19.0 Å². The van der Waals surface area contributed by atoms with Crippen molar-refractivity contribution < 1.29 is 32.2 Å². The average molecular weight is 276 g/mol. The molecule has 1 aromatic rings. The van der Waals surface area contributed by atoms with E-state index in [1.54, 1.807) is 0 Å². The van der Waals surface area contributed by atoms with Crippen LogP contribution in [0.25, 0.3) is 0 Å². The minimum atomic E-state index is -4.72. The van der Waals surface area contributed by atoms with Gasteiger partial charge in [0, 0.05) is 0 Å². The third-order valence-corrected chi connectivity index (χ3v) is 2.58. The topological polar surface area (TPSA) is 44.8 Å². The van der Waals surface area contributed by atoms with Crippen LogP contribution in [0.3, 0.4) is 0 Å². The van der Waals surface area contributed by atoms with E-state index < -0.39 is 18.1 Å². The maximum absolute atomic E-state index is 13.0. The quantitative estimate of drug-likeness (QED) is 0.796. The molecule has 19 heavy (non-hydrogen) atoms. The van der Waals surface area contributed by atoms with Gasteiger partial charge in [0.05, 0.1) is 6.61 Å². The van der Waals surface area contributed by atoms with Gasteiger partial charge in [-0.05, 0) is 24.6 Å². The fourth-order valence-corrected chi connectivity index (χ4v) is 1.78. The van der Waals surface area contributed by atoms with Gasteiger partial charge in [-0.3, -0.25) is 4.79 Å². The van der Waals surface area contributed by atoms with E-state index in [0.29, 0.717) is 5.75 Å². The second-order valence-corrected chi connectivity index (χ2v) is 3.84. The Labute approximate surface area is 107 Å². The zero-order chi connectivity index (χ0) is 14.0. The SMILES string of the molecule is CCOC(=O)C(c1ccc2c(c1)OCO2)C(F)(F)F. The Balaban J connectivity index is 2.36. The fraction of sp³-hybridized carbons (Fsp3) is 0.417. The molecular weight excluding hydrogens is 265 g/mol. The van der Waals surface area contributed by atoms with E-state index in [1.165, 1.54) is 19.1 Å².